The minimum Gasteiger partial charge on any atom is -0.321 e. The Balaban J connectivity index is 1.22. The number of ketones is 1. The van der Waals surface area contributed by atoms with E-state index in [-0.39, 0.29) is 30.2 Å². The smallest absolute Gasteiger partial charge is 0.261 e. The summed E-state index contributed by atoms with van der Waals surface area (Å²) < 4.78 is 28.0. The molecular formula is C31H23F2N3O3. The highest BCUT2D eigenvalue weighted by molar-refractivity contribution is 6.35. The molecule has 5 rings (SSSR count). The monoisotopic (exact) mass is 523 g/mol. The maximum absolute atomic E-state index is 13.5. The zero-order chi connectivity index (χ0) is 27.4. The highest BCUT2D eigenvalue weighted by atomic mass is 19.2. The van der Waals surface area contributed by atoms with Crippen LogP contribution in [0.4, 0.5) is 14.5 Å². The zero-order valence-electron chi connectivity index (χ0n) is 20.7. The standard InChI is InChI=1S/C31H23F2N3O3/c32-26-12-10-22(16-27(26)33)19-36-14-4-7-24(31(36)39)29(37)8-2-1-5-20-9-11-23-25(30(38)35-28(23)17-20)15-21-6-3-13-34-18-21/h1,3-7,9-18H,2,8,19H2,(H,35,38)/b5-1+,25-15+. The van der Waals surface area contributed by atoms with Crippen LogP contribution in [-0.4, -0.2) is 21.2 Å². The lowest BCUT2D eigenvalue weighted by Gasteiger charge is -2.08. The number of allylic oxidation sites excluding steroid dienone is 1. The maximum Gasteiger partial charge on any atom is 0.261 e. The molecule has 0 radical (unpaired) electrons. The van der Waals surface area contributed by atoms with Crippen LogP contribution in [0.1, 0.15) is 45.5 Å². The number of fused-ring (bicyclic) bond motifs is 1. The van der Waals surface area contributed by atoms with E-state index in [9.17, 15) is 23.2 Å². The van der Waals surface area contributed by atoms with E-state index in [1.54, 1.807) is 24.5 Å². The Hall–Kier alpha value is -4.98. The number of nitrogens with zero attached hydrogens (tertiary/aromatic N) is 2. The van der Waals surface area contributed by atoms with E-state index in [1.807, 2.05) is 42.5 Å². The predicted octanol–water partition coefficient (Wildman–Crippen LogP) is 5.74. The Labute approximate surface area is 223 Å². The molecule has 0 saturated heterocycles. The van der Waals surface area contributed by atoms with Crippen LogP contribution in [0.2, 0.25) is 0 Å². The molecule has 0 saturated carbocycles. The molecule has 6 nitrogen and oxygen atoms in total. The van der Waals surface area contributed by atoms with Crippen molar-refractivity contribution in [3.05, 3.63) is 135 Å². The summed E-state index contributed by atoms with van der Waals surface area (Å²) in [4.78, 5) is 42.1. The molecule has 2 aromatic carbocycles. The molecule has 3 heterocycles. The van der Waals surface area contributed by atoms with E-state index in [2.05, 4.69) is 10.3 Å². The molecular weight excluding hydrogens is 500 g/mol. The first-order valence-corrected chi connectivity index (χ1v) is 12.3. The van der Waals surface area contributed by atoms with Crippen molar-refractivity contribution in [2.75, 3.05) is 5.32 Å². The molecule has 2 aromatic heterocycles. The molecule has 1 aliphatic heterocycles. The number of anilines is 1. The second-order valence-corrected chi connectivity index (χ2v) is 9.07. The van der Waals surface area contributed by atoms with Crippen LogP contribution >= 0.6 is 0 Å². The first-order chi connectivity index (χ1) is 18.9. The average molecular weight is 524 g/mol. The summed E-state index contributed by atoms with van der Waals surface area (Å²) in [5, 5.41) is 2.88. The molecule has 8 heteroatoms. The molecule has 0 bridgehead atoms. The SMILES string of the molecule is O=C1Nc2cc(/C=C/CCC(=O)c3cccn(Cc4ccc(F)c(F)c4)c3=O)ccc2/C1=C\c1cccnc1. The summed E-state index contributed by atoms with van der Waals surface area (Å²) in [5.41, 5.74) is 3.74. The minimum absolute atomic E-state index is 0.0189. The first-order valence-electron chi connectivity index (χ1n) is 12.3. The van der Waals surface area contributed by atoms with Crippen molar-refractivity contribution in [3.63, 3.8) is 0 Å². The number of aromatic nitrogens is 2. The zero-order valence-corrected chi connectivity index (χ0v) is 20.7. The third-order valence-electron chi connectivity index (χ3n) is 6.33. The van der Waals surface area contributed by atoms with Crippen molar-refractivity contribution in [1.29, 1.82) is 0 Å². The van der Waals surface area contributed by atoms with Gasteiger partial charge in [-0.1, -0.05) is 36.4 Å². The lowest BCUT2D eigenvalue weighted by Crippen LogP contribution is -2.26. The Morgan fingerprint density at radius 3 is 2.64 bits per heavy atom. The summed E-state index contributed by atoms with van der Waals surface area (Å²) in [6.45, 7) is 0.0189. The number of carbonyl (C=O) groups is 2. The summed E-state index contributed by atoms with van der Waals surface area (Å²) in [6.07, 6.45) is 10.9. The fraction of sp³-hybridized carbons (Fsp3) is 0.0968. The molecule has 1 N–H and O–H groups in total. The Morgan fingerprint density at radius 1 is 0.974 bits per heavy atom. The molecule has 0 aliphatic carbocycles. The van der Waals surface area contributed by atoms with E-state index >= 15 is 0 Å². The second kappa shape index (κ2) is 11.2. The lowest BCUT2D eigenvalue weighted by atomic mass is 10.0. The molecule has 0 unspecified atom stereocenters. The van der Waals surface area contributed by atoms with Gasteiger partial charge in [-0.15, -0.1) is 0 Å². The lowest BCUT2D eigenvalue weighted by molar-refractivity contribution is -0.110. The Bertz CT molecular complexity index is 1690. The van der Waals surface area contributed by atoms with Gasteiger partial charge in [0.15, 0.2) is 17.4 Å². The topological polar surface area (TPSA) is 81.1 Å². The normalized spacial score (nSPS) is 13.6. The third-order valence-corrected chi connectivity index (χ3v) is 6.33. The fourth-order valence-corrected chi connectivity index (χ4v) is 4.36. The van der Waals surface area contributed by atoms with Crippen molar-refractivity contribution in [2.45, 2.75) is 19.4 Å². The van der Waals surface area contributed by atoms with Gasteiger partial charge in [0, 0.05) is 41.8 Å². The van der Waals surface area contributed by atoms with Crippen molar-refractivity contribution < 1.29 is 18.4 Å². The van der Waals surface area contributed by atoms with Gasteiger partial charge in [0.1, 0.15) is 0 Å². The van der Waals surface area contributed by atoms with E-state index in [1.165, 1.54) is 22.9 Å². The van der Waals surface area contributed by atoms with Gasteiger partial charge in [-0.05, 0) is 65.6 Å². The molecule has 1 aliphatic rings. The van der Waals surface area contributed by atoms with Crippen molar-refractivity contribution in [3.8, 4) is 0 Å². The quantitative estimate of drug-likeness (QED) is 0.236. The van der Waals surface area contributed by atoms with Crippen LogP contribution in [0.25, 0.3) is 17.7 Å². The highest BCUT2D eigenvalue weighted by Gasteiger charge is 2.24. The number of hydrogen-bond acceptors (Lipinski definition) is 4. The van der Waals surface area contributed by atoms with E-state index in [0.29, 0.717) is 23.2 Å². The molecule has 1 amide bonds. The van der Waals surface area contributed by atoms with Gasteiger partial charge in [-0.2, -0.15) is 0 Å². The summed E-state index contributed by atoms with van der Waals surface area (Å²) >= 11 is 0. The third kappa shape index (κ3) is 5.80. The number of benzene rings is 2. The summed E-state index contributed by atoms with van der Waals surface area (Å²) in [7, 11) is 0. The maximum atomic E-state index is 13.5. The molecule has 39 heavy (non-hydrogen) atoms. The number of amides is 1. The summed E-state index contributed by atoms with van der Waals surface area (Å²) in [5.74, 6) is -2.45. The first kappa shape index (κ1) is 25.7. The van der Waals surface area contributed by atoms with Gasteiger partial charge in [0.2, 0.25) is 0 Å². The minimum atomic E-state index is -0.994. The van der Waals surface area contributed by atoms with Crippen LogP contribution in [0.15, 0.2) is 90.1 Å². The van der Waals surface area contributed by atoms with E-state index in [4.69, 9.17) is 0 Å². The number of Topliss-reactive ketones (excluding diaryl/α,β-unsaturated/α-hetero) is 1. The number of pyridine rings is 2. The Kier molecular flexibility index (Phi) is 7.36. The Morgan fingerprint density at radius 2 is 1.85 bits per heavy atom. The number of carbonyl (C=O) groups excluding carboxylic acids is 2. The van der Waals surface area contributed by atoms with Crippen molar-refractivity contribution in [2.24, 2.45) is 0 Å². The van der Waals surface area contributed by atoms with Crippen molar-refractivity contribution in [1.82, 2.24) is 9.55 Å². The van der Waals surface area contributed by atoms with E-state index in [0.717, 1.165) is 28.8 Å². The van der Waals surface area contributed by atoms with Crippen LogP contribution in [0, 0.1) is 11.6 Å². The van der Waals surface area contributed by atoms with Crippen LogP contribution in [0.5, 0.6) is 0 Å². The number of rotatable bonds is 8. The fourth-order valence-electron chi connectivity index (χ4n) is 4.36. The van der Waals surface area contributed by atoms with Gasteiger partial charge in [-0.25, -0.2) is 8.78 Å². The van der Waals surface area contributed by atoms with Crippen molar-refractivity contribution >= 4 is 35.1 Å². The van der Waals surface area contributed by atoms with E-state index < -0.39 is 17.2 Å². The largest absolute Gasteiger partial charge is 0.321 e. The number of hydrogen-bond donors (Lipinski definition) is 1. The molecule has 0 fully saturated rings. The van der Waals surface area contributed by atoms with Gasteiger partial charge in [0.25, 0.3) is 11.5 Å². The van der Waals surface area contributed by atoms with Gasteiger partial charge in [-0.3, -0.25) is 19.4 Å². The van der Waals surface area contributed by atoms with Crippen LogP contribution in [-0.2, 0) is 11.3 Å². The van der Waals surface area contributed by atoms with Gasteiger partial charge >= 0.3 is 0 Å². The van der Waals surface area contributed by atoms with Gasteiger partial charge < -0.3 is 9.88 Å². The number of nitrogens with one attached hydrogen (secondary N) is 1. The molecule has 0 atom stereocenters. The van der Waals surface area contributed by atoms with Gasteiger partial charge in [0.05, 0.1) is 12.1 Å². The van der Waals surface area contributed by atoms with Crippen LogP contribution < -0.4 is 10.9 Å². The van der Waals surface area contributed by atoms with Crippen LogP contribution in [0.3, 0.4) is 0 Å². The molecule has 194 valence electrons. The summed E-state index contributed by atoms with van der Waals surface area (Å²) in [6, 6.07) is 15.8. The molecule has 4 aromatic rings. The number of halogens is 2. The highest BCUT2D eigenvalue weighted by Crippen LogP contribution is 2.34. The second-order valence-electron chi connectivity index (χ2n) is 9.07. The molecule has 0 spiro atoms. The average Bonchev–Trinajstić information content (AvgIpc) is 3.24. The predicted molar refractivity (Wildman–Crippen MR) is 146 cm³/mol.